The summed E-state index contributed by atoms with van der Waals surface area (Å²) in [5, 5.41) is 4.96. The van der Waals surface area contributed by atoms with Crippen LogP contribution >= 0.6 is 23.2 Å². The van der Waals surface area contributed by atoms with Gasteiger partial charge < -0.3 is 19.3 Å². The molecule has 12 heteroatoms. The van der Waals surface area contributed by atoms with E-state index in [0.29, 0.717) is 34.2 Å². The van der Waals surface area contributed by atoms with Crippen LogP contribution in [0.4, 0.5) is 17.8 Å². The fraction of sp³-hybridized carbons (Fsp3) is 0.346. The van der Waals surface area contributed by atoms with Crippen LogP contribution in [0.3, 0.4) is 0 Å². The monoisotopic (exact) mass is 555 g/mol. The van der Waals surface area contributed by atoms with Gasteiger partial charge in [-0.3, -0.25) is 0 Å². The topological polar surface area (TPSA) is 105 Å². The molecular weight excluding hydrogens is 529 g/mol. The van der Waals surface area contributed by atoms with Crippen LogP contribution in [-0.4, -0.2) is 60.4 Å². The van der Waals surface area contributed by atoms with E-state index in [2.05, 4.69) is 30.3 Å². The second-order valence-corrected chi connectivity index (χ2v) is 9.78. The van der Waals surface area contributed by atoms with Gasteiger partial charge in [0.1, 0.15) is 0 Å². The van der Waals surface area contributed by atoms with Crippen LogP contribution in [0.1, 0.15) is 41.6 Å². The highest BCUT2D eigenvalue weighted by atomic mass is 35.5. The Morgan fingerprint density at radius 1 is 0.921 bits per heavy atom. The highest BCUT2D eigenvalue weighted by Crippen LogP contribution is 2.30. The number of benzene rings is 2. The Morgan fingerprint density at radius 3 is 2.18 bits per heavy atom. The molecule has 3 heterocycles. The summed E-state index contributed by atoms with van der Waals surface area (Å²) < 4.78 is 10.9. The third kappa shape index (κ3) is 6.08. The van der Waals surface area contributed by atoms with E-state index >= 15 is 0 Å². The number of hydrogen-bond acceptors (Lipinski definition) is 10. The van der Waals surface area contributed by atoms with Gasteiger partial charge in [-0.25, -0.2) is 10.2 Å². The maximum atomic E-state index is 12.6. The molecule has 0 atom stereocenters. The molecule has 5 rings (SSSR count). The second-order valence-electron chi connectivity index (χ2n) is 8.94. The number of methoxy groups -OCH3 is 1. The van der Waals surface area contributed by atoms with E-state index in [4.69, 9.17) is 37.7 Å². The van der Waals surface area contributed by atoms with Crippen LogP contribution in [-0.2, 0) is 0 Å². The lowest BCUT2D eigenvalue weighted by Crippen LogP contribution is -2.25. The lowest BCUT2D eigenvalue weighted by atomic mass is 10.2. The maximum Gasteiger partial charge on any atom is 0.345 e. The number of nitrogens with zero attached hydrogens (tertiary/aromatic N) is 6. The minimum Gasteiger partial charge on any atom is -0.493 e. The van der Waals surface area contributed by atoms with Gasteiger partial charge in [-0.15, -0.1) is 0 Å². The number of esters is 1. The number of carbonyl (C=O) groups is 1. The Bertz CT molecular complexity index is 1310. The predicted octanol–water partition coefficient (Wildman–Crippen LogP) is 5.05. The molecule has 10 nitrogen and oxygen atoms in total. The summed E-state index contributed by atoms with van der Waals surface area (Å²) in [6, 6.07) is 9.65. The molecule has 3 aromatic rings. The number of ether oxygens (including phenoxy) is 2. The minimum absolute atomic E-state index is 0.201. The van der Waals surface area contributed by atoms with Crippen LogP contribution in [0, 0.1) is 0 Å². The second kappa shape index (κ2) is 11.8. The highest BCUT2D eigenvalue weighted by Gasteiger charge is 2.21. The smallest absolute Gasteiger partial charge is 0.345 e. The SMILES string of the molecule is COc1cc(/C=N\Nc2nc(N3CCCC3)nc(N3CCCC3)n2)ccc1OC(=O)c1ccc(Cl)cc1Cl. The van der Waals surface area contributed by atoms with Crippen molar-refractivity contribution in [2.45, 2.75) is 25.7 Å². The Morgan fingerprint density at radius 2 is 1.58 bits per heavy atom. The third-order valence-corrected chi connectivity index (χ3v) is 6.86. The van der Waals surface area contributed by atoms with Gasteiger partial charge in [0.05, 0.1) is 23.9 Å². The molecule has 38 heavy (non-hydrogen) atoms. The standard InChI is InChI=1S/C26H27Cl2N7O3/c1-37-22-14-17(6-9-21(22)38-23(36)19-8-7-18(27)15-20(19)28)16-29-33-24-30-25(34-10-2-3-11-34)32-26(31-24)35-12-4-5-13-35/h6-9,14-16H,2-5,10-13H2,1H3,(H,30,31,32,33)/b29-16-. The molecule has 0 aliphatic carbocycles. The van der Waals surface area contributed by atoms with E-state index in [-0.39, 0.29) is 16.3 Å². The summed E-state index contributed by atoms with van der Waals surface area (Å²) >= 11 is 12.0. The van der Waals surface area contributed by atoms with Crippen LogP contribution in [0.5, 0.6) is 11.5 Å². The number of rotatable bonds is 8. The fourth-order valence-corrected chi connectivity index (χ4v) is 4.83. The predicted molar refractivity (Wildman–Crippen MR) is 148 cm³/mol. The summed E-state index contributed by atoms with van der Waals surface area (Å²) in [4.78, 5) is 30.9. The van der Waals surface area contributed by atoms with Crippen molar-refractivity contribution >= 4 is 53.2 Å². The number of nitrogens with one attached hydrogen (secondary N) is 1. The van der Waals surface area contributed by atoms with Gasteiger partial charge in [-0.2, -0.15) is 20.1 Å². The van der Waals surface area contributed by atoms with Gasteiger partial charge >= 0.3 is 5.97 Å². The summed E-state index contributed by atoms with van der Waals surface area (Å²) in [5.74, 6) is 1.72. The molecule has 0 unspecified atom stereocenters. The molecule has 0 radical (unpaired) electrons. The average Bonchev–Trinajstić information content (AvgIpc) is 3.64. The van der Waals surface area contributed by atoms with Gasteiger partial charge in [-0.05, 0) is 67.6 Å². The van der Waals surface area contributed by atoms with Crippen LogP contribution in [0.2, 0.25) is 10.0 Å². The molecule has 0 spiro atoms. The number of anilines is 3. The zero-order valence-corrected chi connectivity index (χ0v) is 22.4. The Labute approximate surface area is 230 Å². The largest absolute Gasteiger partial charge is 0.493 e. The Kier molecular flexibility index (Phi) is 8.09. The summed E-state index contributed by atoms with van der Waals surface area (Å²) in [6.45, 7) is 3.75. The van der Waals surface area contributed by atoms with Crippen molar-refractivity contribution in [3.05, 3.63) is 57.6 Å². The minimum atomic E-state index is -0.620. The zero-order chi connectivity index (χ0) is 26.5. The van der Waals surface area contributed by atoms with Gasteiger partial charge in [0.25, 0.3) is 0 Å². The van der Waals surface area contributed by atoms with Gasteiger partial charge in [-0.1, -0.05) is 23.2 Å². The van der Waals surface area contributed by atoms with Crippen molar-refractivity contribution in [2.24, 2.45) is 5.10 Å². The molecule has 198 valence electrons. The molecular formula is C26H27Cl2N7O3. The molecule has 2 aromatic carbocycles. The molecule has 2 fully saturated rings. The molecule has 1 N–H and O–H groups in total. The number of hydrogen-bond donors (Lipinski definition) is 1. The highest BCUT2D eigenvalue weighted by molar-refractivity contribution is 6.36. The normalized spacial score (nSPS) is 15.3. The summed E-state index contributed by atoms with van der Waals surface area (Å²) in [7, 11) is 1.49. The molecule has 0 amide bonds. The zero-order valence-electron chi connectivity index (χ0n) is 20.9. The molecule has 2 aliphatic rings. The van der Waals surface area contributed by atoms with Gasteiger partial charge in [0.2, 0.25) is 17.8 Å². The van der Waals surface area contributed by atoms with E-state index in [1.165, 1.54) is 19.2 Å². The van der Waals surface area contributed by atoms with E-state index in [1.54, 1.807) is 30.5 Å². The number of carbonyl (C=O) groups excluding carboxylic acids is 1. The van der Waals surface area contributed by atoms with Crippen molar-refractivity contribution in [3.8, 4) is 11.5 Å². The van der Waals surface area contributed by atoms with Crippen molar-refractivity contribution in [2.75, 3.05) is 48.5 Å². The molecule has 2 saturated heterocycles. The van der Waals surface area contributed by atoms with Crippen molar-refractivity contribution in [1.82, 2.24) is 15.0 Å². The van der Waals surface area contributed by atoms with E-state index in [9.17, 15) is 4.79 Å². The van der Waals surface area contributed by atoms with Crippen molar-refractivity contribution in [3.63, 3.8) is 0 Å². The first-order valence-electron chi connectivity index (χ1n) is 12.4. The Balaban J connectivity index is 1.30. The molecule has 0 saturated carbocycles. The quantitative estimate of drug-likeness (QED) is 0.177. The van der Waals surface area contributed by atoms with Crippen molar-refractivity contribution in [1.29, 1.82) is 0 Å². The van der Waals surface area contributed by atoms with Gasteiger partial charge in [0.15, 0.2) is 11.5 Å². The Hall–Kier alpha value is -3.63. The summed E-state index contributed by atoms with van der Waals surface area (Å²) in [6.07, 6.45) is 6.13. The van der Waals surface area contributed by atoms with Crippen LogP contribution < -0.4 is 24.7 Å². The number of halogens is 2. The molecule has 1 aromatic heterocycles. The van der Waals surface area contributed by atoms with E-state index in [1.807, 2.05) is 0 Å². The average molecular weight is 556 g/mol. The fourth-order valence-electron chi connectivity index (χ4n) is 4.34. The lowest BCUT2D eigenvalue weighted by Gasteiger charge is -2.20. The molecule has 2 aliphatic heterocycles. The first-order valence-corrected chi connectivity index (χ1v) is 13.2. The van der Waals surface area contributed by atoms with E-state index in [0.717, 1.165) is 51.9 Å². The first kappa shape index (κ1) is 26.0. The number of hydrazone groups is 1. The maximum absolute atomic E-state index is 12.6. The third-order valence-electron chi connectivity index (χ3n) is 6.31. The van der Waals surface area contributed by atoms with Crippen LogP contribution in [0.15, 0.2) is 41.5 Å². The van der Waals surface area contributed by atoms with Gasteiger partial charge in [0, 0.05) is 31.2 Å². The number of aromatic nitrogens is 3. The van der Waals surface area contributed by atoms with Crippen LogP contribution in [0.25, 0.3) is 0 Å². The first-order chi connectivity index (χ1) is 18.5. The molecule has 0 bridgehead atoms. The van der Waals surface area contributed by atoms with E-state index < -0.39 is 5.97 Å². The van der Waals surface area contributed by atoms with Crippen molar-refractivity contribution < 1.29 is 14.3 Å². The lowest BCUT2D eigenvalue weighted by molar-refractivity contribution is 0.0730. The summed E-state index contributed by atoms with van der Waals surface area (Å²) in [5.41, 5.74) is 3.86.